The van der Waals surface area contributed by atoms with E-state index < -0.39 is 7.82 Å². The Labute approximate surface area is 144 Å². The van der Waals surface area contributed by atoms with Crippen LogP contribution in [0.15, 0.2) is 11.3 Å². The summed E-state index contributed by atoms with van der Waals surface area (Å²) in [5.41, 5.74) is -0.355. The number of Topliss-reactive ketones (excluding diaryl/α,β-unsaturated/α-hetero) is 2. The zero-order valence-electron chi connectivity index (χ0n) is 15.5. The predicted molar refractivity (Wildman–Crippen MR) is 91.5 cm³/mol. The van der Waals surface area contributed by atoms with Crippen LogP contribution in [0.5, 0.6) is 0 Å². The molecule has 0 aromatic rings. The van der Waals surface area contributed by atoms with E-state index in [0.29, 0.717) is 6.42 Å². The van der Waals surface area contributed by atoms with Gasteiger partial charge in [0.2, 0.25) is 0 Å². The van der Waals surface area contributed by atoms with Crippen molar-refractivity contribution in [2.24, 2.45) is 11.3 Å². The molecule has 1 rings (SSSR count). The van der Waals surface area contributed by atoms with Gasteiger partial charge in [0.25, 0.3) is 0 Å². The number of phosphoric acid groups is 1. The molecule has 0 aromatic carbocycles. The maximum atomic E-state index is 12.7. The molecule has 6 nitrogen and oxygen atoms in total. The zero-order chi connectivity index (χ0) is 18.5. The first kappa shape index (κ1) is 21.1. The van der Waals surface area contributed by atoms with E-state index in [1.54, 1.807) is 13.8 Å². The van der Waals surface area contributed by atoms with Crippen molar-refractivity contribution in [1.29, 1.82) is 0 Å². The van der Waals surface area contributed by atoms with Crippen LogP contribution in [0.3, 0.4) is 0 Å². The van der Waals surface area contributed by atoms with Crippen LogP contribution in [0, 0.1) is 11.3 Å². The molecule has 0 heterocycles. The zero-order valence-corrected chi connectivity index (χ0v) is 16.4. The molecule has 1 aliphatic rings. The Balaban J connectivity index is 3.27. The summed E-state index contributed by atoms with van der Waals surface area (Å²) in [5.74, 6) is -0.307. The average molecular weight is 360 g/mol. The maximum Gasteiger partial charge on any atom is 0.529 e. The summed E-state index contributed by atoms with van der Waals surface area (Å²) in [5, 5.41) is 0. The van der Waals surface area contributed by atoms with Crippen LogP contribution in [0.1, 0.15) is 60.8 Å². The molecule has 1 fully saturated rings. The van der Waals surface area contributed by atoms with E-state index in [2.05, 4.69) is 0 Å². The normalized spacial score (nSPS) is 18.2. The third kappa shape index (κ3) is 5.83. The van der Waals surface area contributed by atoms with E-state index in [-0.39, 0.29) is 60.3 Å². The fourth-order valence-electron chi connectivity index (χ4n) is 2.67. The number of ketones is 2. The first-order chi connectivity index (χ1) is 11.0. The van der Waals surface area contributed by atoms with E-state index in [1.165, 1.54) is 0 Å². The summed E-state index contributed by atoms with van der Waals surface area (Å²) in [4.78, 5) is 25.0. The molecule has 0 bridgehead atoms. The highest BCUT2D eigenvalue weighted by Gasteiger charge is 2.40. The van der Waals surface area contributed by atoms with Crippen molar-refractivity contribution >= 4 is 19.4 Å². The van der Waals surface area contributed by atoms with Gasteiger partial charge in [-0.2, -0.15) is 0 Å². The first-order valence-electron chi connectivity index (χ1n) is 8.41. The van der Waals surface area contributed by atoms with Gasteiger partial charge in [-0.15, -0.1) is 0 Å². The first-order valence-corrected chi connectivity index (χ1v) is 9.88. The van der Waals surface area contributed by atoms with Gasteiger partial charge in [0, 0.05) is 19.3 Å². The van der Waals surface area contributed by atoms with Gasteiger partial charge in [0.15, 0.2) is 11.6 Å². The van der Waals surface area contributed by atoms with Crippen LogP contribution in [0.4, 0.5) is 0 Å². The highest BCUT2D eigenvalue weighted by Crippen LogP contribution is 2.53. The second-order valence-electron chi connectivity index (χ2n) is 7.13. The van der Waals surface area contributed by atoms with E-state index in [4.69, 9.17) is 13.6 Å². The van der Waals surface area contributed by atoms with Crippen molar-refractivity contribution in [3.8, 4) is 0 Å². The Morgan fingerprint density at radius 2 is 1.54 bits per heavy atom. The number of allylic oxidation sites excluding steroid dienone is 2. The second kappa shape index (κ2) is 8.41. The van der Waals surface area contributed by atoms with E-state index in [1.807, 2.05) is 27.7 Å². The monoisotopic (exact) mass is 360 g/mol. The average Bonchev–Trinajstić information content (AvgIpc) is 2.35. The van der Waals surface area contributed by atoms with Crippen LogP contribution in [0.2, 0.25) is 0 Å². The lowest BCUT2D eigenvalue weighted by Gasteiger charge is -2.30. The highest BCUT2D eigenvalue weighted by molar-refractivity contribution is 7.48. The summed E-state index contributed by atoms with van der Waals surface area (Å²) in [6.45, 7) is 11.2. The molecule has 0 aliphatic heterocycles. The van der Waals surface area contributed by atoms with E-state index in [0.717, 1.165) is 0 Å². The summed E-state index contributed by atoms with van der Waals surface area (Å²) in [6.07, 6.45) is 0.830. The Bertz CT molecular complexity index is 529. The Morgan fingerprint density at radius 3 is 1.92 bits per heavy atom. The Hall–Kier alpha value is -0.970. The SMILES string of the molecule is CCOP(=O)(OCC)OC(CC(C)C)=C1C(=O)CC(C)(C)CC1=O. The standard InChI is InChI=1S/C17H29O6P/c1-7-21-24(20,22-8-2)23-15(9-12(3)4)16-13(18)10-17(5,6)11-14(16)19/h12H,7-11H2,1-6H3. The number of carbonyl (C=O) groups is 2. The van der Waals surface area contributed by atoms with Gasteiger partial charge in [0.1, 0.15) is 5.76 Å². The molecule has 0 unspecified atom stereocenters. The summed E-state index contributed by atoms with van der Waals surface area (Å²) < 4.78 is 28.5. The van der Waals surface area contributed by atoms with Crippen molar-refractivity contribution in [2.45, 2.75) is 60.8 Å². The van der Waals surface area contributed by atoms with Crippen LogP contribution in [0.25, 0.3) is 0 Å². The minimum Gasteiger partial charge on any atom is -0.408 e. The molecule has 0 radical (unpaired) electrons. The third-order valence-electron chi connectivity index (χ3n) is 3.50. The molecule has 7 heteroatoms. The quantitative estimate of drug-likeness (QED) is 0.275. The van der Waals surface area contributed by atoms with Crippen molar-refractivity contribution in [3.63, 3.8) is 0 Å². The minimum absolute atomic E-state index is 0.0163. The second-order valence-corrected chi connectivity index (χ2v) is 8.73. The molecule has 1 saturated carbocycles. The summed E-state index contributed by atoms with van der Waals surface area (Å²) in [7, 11) is -3.85. The van der Waals surface area contributed by atoms with E-state index in [9.17, 15) is 14.2 Å². The fourth-order valence-corrected chi connectivity index (χ4v) is 3.92. The van der Waals surface area contributed by atoms with Crippen LogP contribution in [-0.4, -0.2) is 24.8 Å². The summed E-state index contributed by atoms with van der Waals surface area (Å²) in [6, 6.07) is 0. The smallest absolute Gasteiger partial charge is 0.408 e. The highest BCUT2D eigenvalue weighted by atomic mass is 31.2. The molecule has 0 aromatic heterocycles. The van der Waals surface area contributed by atoms with Gasteiger partial charge >= 0.3 is 7.82 Å². The van der Waals surface area contributed by atoms with Gasteiger partial charge in [-0.1, -0.05) is 27.7 Å². The maximum absolute atomic E-state index is 12.7. The van der Waals surface area contributed by atoms with Crippen LogP contribution in [-0.2, 0) is 27.7 Å². The summed E-state index contributed by atoms with van der Waals surface area (Å²) >= 11 is 0. The van der Waals surface area contributed by atoms with Crippen LogP contribution < -0.4 is 0 Å². The number of hydrogen-bond donors (Lipinski definition) is 0. The number of carbonyl (C=O) groups excluding carboxylic acids is 2. The predicted octanol–water partition coefficient (Wildman–Crippen LogP) is 4.44. The molecular weight excluding hydrogens is 331 g/mol. The van der Waals surface area contributed by atoms with Crippen molar-refractivity contribution in [3.05, 3.63) is 11.3 Å². The Morgan fingerprint density at radius 1 is 1.08 bits per heavy atom. The van der Waals surface area contributed by atoms with Crippen LogP contribution >= 0.6 is 7.82 Å². The van der Waals surface area contributed by atoms with Gasteiger partial charge in [-0.05, 0) is 25.2 Å². The molecule has 138 valence electrons. The van der Waals surface area contributed by atoms with Gasteiger partial charge in [-0.25, -0.2) is 4.57 Å². The van der Waals surface area contributed by atoms with Gasteiger partial charge in [0.05, 0.1) is 18.8 Å². The molecule has 0 spiro atoms. The lowest BCUT2D eigenvalue weighted by atomic mass is 9.73. The number of hydrogen-bond acceptors (Lipinski definition) is 6. The van der Waals surface area contributed by atoms with E-state index >= 15 is 0 Å². The molecule has 1 aliphatic carbocycles. The largest absolute Gasteiger partial charge is 0.529 e. The minimum atomic E-state index is -3.85. The van der Waals surface area contributed by atoms with Gasteiger partial charge in [-0.3, -0.25) is 18.6 Å². The van der Waals surface area contributed by atoms with Gasteiger partial charge < -0.3 is 4.52 Å². The van der Waals surface area contributed by atoms with Crippen molar-refractivity contribution in [2.75, 3.05) is 13.2 Å². The number of phosphoric ester groups is 1. The molecule has 0 amide bonds. The fraction of sp³-hybridized carbons (Fsp3) is 0.765. The number of rotatable bonds is 8. The molecule has 24 heavy (non-hydrogen) atoms. The van der Waals surface area contributed by atoms with Crippen molar-refractivity contribution < 1.29 is 27.7 Å². The topological polar surface area (TPSA) is 78.9 Å². The molecule has 0 N–H and O–H groups in total. The van der Waals surface area contributed by atoms with Crippen molar-refractivity contribution in [1.82, 2.24) is 0 Å². The Kier molecular flexibility index (Phi) is 7.39. The molecular formula is C17H29O6P. The molecule has 0 saturated heterocycles. The third-order valence-corrected chi connectivity index (χ3v) is 5.10. The lowest BCUT2D eigenvalue weighted by Crippen LogP contribution is -2.32. The molecule has 0 atom stereocenters. The lowest BCUT2D eigenvalue weighted by molar-refractivity contribution is -0.127.